The normalized spacial score (nSPS) is 11.2. The van der Waals surface area contributed by atoms with Gasteiger partial charge in [0.15, 0.2) is 5.76 Å². The molecule has 2 aromatic heterocycles. The molecule has 11 heteroatoms. The summed E-state index contributed by atoms with van der Waals surface area (Å²) in [5, 5.41) is 2.99. The predicted molar refractivity (Wildman–Crippen MR) is 114 cm³/mol. The van der Waals surface area contributed by atoms with Gasteiger partial charge < -0.3 is 19.4 Å². The first kappa shape index (κ1) is 24.1. The van der Waals surface area contributed by atoms with Crippen molar-refractivity contribution in [1.29, 1.82) is 0 Å². The van der Waals surface area contributed by atoms with Crippen molar-refractivity contribution in [2.75, 3.05) is 18.5 Å². The van der Waals surface area contributed by atoms with Gasteiger partial charge in [-0.05, 0) is 48.9 Å². The van der Waals surface area contributed by atoms with E-state index in [4.69, 9.17) is 9.15 Å². The Balaban J connectivity index is 1.76. The molecule has 0 saturated carbocycles. The Labute approximate surface area is 190 Å². The van der Waals surface area contributed by atoms with E-state index >= 15 is 0 Å². The molecule has 1 aromatic carbocycles. The van der Waals surface area contributed by atoms with Crippen LogP contribution in [0.3, 0.4) is 0 Å². The maximum absolute atomic E-state index is 13.1. The standard InChI is InChI=1S/C22H19F3N2O5S/c1-2-31-19(28)13-27(12-14-5-7-15(8-6-14)22(23,24)25)21(30)17-9-10-18(33-17)26-20(29)16-4-3-11-32-16/h3-11H,2,12-13H2,1H3,(H,26,29). The number of hydrogen-bond acceptors (Lipinski definition) is 6. The highest BCUT2D eigenvalue weighted by Crippen LogP contribution is 2.29. The number of nitrogens with zero attached hydrogens (tertiary/aromatic N) is 1. The van der Waals surface area contributed by atoms with E-state index in [-0.39, 0.29) is 30.3 Å². The number of benzene rings is 1. The number of rotatable bonds is 8. The van der Waals surface area contributed by atoms with E-state index in [1.807, 2.05) is 0 Å². The minimum atomic E-state index is -4.48. The molecular weight excluding hydrogens is 461 g/mol. The maximum atomic E-state index is 13.1. The molecule has 2 heterocycles. The zero-order valence-electron chi connectivity index (χ0n) is 17.3. The van der Waals surface area contributed by atoms with E-state index in [1.54, 1.807) is 13.0 Å². The number of anilines is 1. The first-order chi connectivity index (χ1) is 15.7. The number of esters is 1. The highest BCUT2D eigenvalue weighted by atomic mass is 32.1. The zero-order chi connectivity index (χ0) is 24.0. The number of nitrogens with one attached hydrogen (secondary N) is 1. The molecule has 3 aromatic rings. The number of thiophene rings is 1. The lowest BCUT2D eigenvalue weighted by atomic mass is 10.1. The second-order valence-corrected chi connectivity index (χ2v) is 7.84. The average molecular weight is 480 g/mol. The van der Waals surface area contributed by atoms with Crippen molar-refractivity contribution in [2.45, 2.75) is 19.6 Å². The molecule has 3 rings (SSSR count). The molecule has 0 aliphatic heterocycles. The summed E-state index contributed by atoms with van der Waals surface area (Å²) >= 11 is 0.986. The fourth-order valence-corrected chi connectivity index (χ4v) is 3.71. The van der Waals surface area contributed by atoms with Gasteiger partial charge in [0.05, 0.1) is 28.3 Å². The Kier molecular flexibility index (Phi) is 7.54. The molecule has 7 nitrogen and oxygen atoms in total. The van der Waals surface area contributed by atoms with Crippen molar-refractivity contribution < 1.29 is 36.7 Å². The molecule has 0 radical (unpaired) electrons. The minimum Gasteiger partial charge on any atom is -0.465 e. The zero-order valence-corrected chi connectivity index (χ0v) is 18.2. The number of halogens is 3. The Morgan fingerprint density at radius 2 is 1.82 bits per heavy atom. The highest BCUT2D eigenvalue weighted by Gasteiger charge is 2.30. The Bertz CT molecular complexity index is 1110. The van der Waals surface area contributed by atoms with E-state index in [1.165, 1.54) is 41.5 Å². The Morgan fingerprint density at radius 3 is 2.42 bits per heavy atom. The van der Waals surface area contributed by atoms with Gasteiger partial charge in [-0.2, -0.15) is 13.2 Å². The summed E-state index contributed by atoms with van der Waals surface area (Å²) in [7, 11) is 0. The van der Waals surface area contributed by atoms with Crippen LogP contribution in [0.1, 0.15) is 38.3 Å². The molecule has 0 spiro atoms. The lowest BCUT2D eigenvalue weighted by Crippen LogP contribution is -2.35. The molecule has 0 saturated heterocycles. The molecular formula is C22H19F3N2O5S. The van der Waals surface area contributed by atoms with Crippen LogP contribution in [0.4, 0.5) is 18.2 Å². The van der Waals surface area contributed by atoms with Crippen LogP contribution >= 0.6 is 11.3 Å². The first-order valence-electron chi connectivity index (χ1n) is 9.73. The third-order valence-electron chi connectivity index (χ3n) is 4.37. The Morgan fingerprint density at radius 1 is 1.09 bits per heavy atom. The van der Waals surface area contributed by atoms with Gasteiger partial charge in [-0.15, -0.1) is 11.3 Å². The van der Waals surface area contributed by atoms with Crippen LogP contribution in [0, 0.1) is 0 Å². The van der Waals surface area contributed by atoms with Crippen LogP contribution in [0.2, 0.25) is 0 Å². The fourth-order valence-electron chi connectivity index (χ4n) is 2.84. The molecule has 0 fully saturated rings. The van der Waals surface area contributed by atoms with Gasteiger partial charge in [-0.25, -0.2) is 0 Å². The second kappa shape index (κ2) is 10.3. The van der Waals surface area contributed by atoms with Crippen LogP contribution in [0.5, 0.6) is 0 Å². The highest BCUT2D eigenvalue weighted by molar-refractivity contribution is 7.18. The van der Waals surface area contributed by atoms with Gasteiger partial charge in [0.1, 0.15) is 6.54 Å². The van der Waals surface area contributed by atoms with Crippen molar-refractivity contribution in [3.05, 3.63) is 76.6 Å². The number of ether oxygens (including phenoxy) is 1. The van der Waals surface area contributed by atoms with Crippen LogP contribution in [-0.4, -0.2) is 35.8 Å². The van der Waals surface area contributed by atoms with E-state index < -0.39 is 29.5 Å². The van der Waals surface area contributed by atoms with Gasteiger partial charge >= 0.3 is 12.1 Å². The van der Waals surface area contributed by atoms with Gasteiger partial charge in [0.2, 0.25) is 0 Å². The first-order valence-corrected chi connectivity index (χ1v) is 10.5. The summed E-state index contributed by atoms with van der Waals surface area (Å²) < 4.78 is 48.4. The molecule has 174 valence electrons. The van der Waals surface area contributed by atoms with Crippen LogP contribution in [0.15, 0.2) is 59.2 Å². The molecule has 33 heavy (non-hydrogen) atoms. The second-order valence-electron chi connectivity index (χ2n) is 6.76. The van der Waals surface area contributed by atoms with Crippen LogP contribution in [-0.2, 0) is 22.3 Å². The lowest BCUT2D eigenvalue weighted by Gasteiger charge is -2.21. The predicted octanol–water partition coefficient (Wildman–Crippen LogP) is 4.82. The molecule has 0 atom stereocenters. The van der Waals surface area contributed by atoms with Gasteiger partial charge in [0.25, 0.3) is 11.8 Å². The third-order valence-corrected chi connectivity index (χ3v) is 5.35. The molecule has 0 aliphatic rings. The summed E-state index contributed by atoms with van der Waals surface area (Å²) in [6.07, 6.45) is -3.13. The van der Waals surface area contributed by atoms with E-state index in [0.717, 1.165) is 23.5 Å². The number of carbonyl (C=O) groups excluding carboxylic acids is 3. The topological polar surface area (TPSA) is 88.9 Å². The maximum Gasteiger partial charge on any atom is 0.416 e. The van der Waals surface area contributed by atoms with Gasteiger partial charge in [-0.1, -0.05) is 12.1 Å². The molecule has 0 aliphatic carbocycles. The SMILES string of the molecule is CCOC(=O)CN(Cc1ccc(C(F)(F)F)cc1)C(=O)c1ccc(NC(=O)c2ccco2)s1. The van der Waals surface area contributed by atoms with Crippen LogP contribution < -0.4 is 5.32 Å². The molecule has 0 unspecified atom stereocenters. The van der Waals surface area contributed by atoms with Crippen molar-refractivity contribution in [3.8, 4) is 0 Å². The quantitative estimate of drug-likeness (QED) is 0.467. The number of alkyl halides is 3. The van der Waals surface area contributed by atoms with Crippen molar-refractivity contribution in [3.63, 3.8) is 0 Å². The summed E-state index contributed by atoms with van der Waals surface area (Å²) in [6.45, 7) is 1.23. The number of amides is 2. The fraction of sp³-hybridized carbons (Fsp3) is 0.227. The largest absolute Gasteiger partial charge is 0.465 e. The van der Waals surface area contributed by atoms with Crippen LogP contribution in [0.25, 0.3) is 0 Å². The van der Waals surface area contributed by atoms with E-state index in [9.17, 15) is 27.6 Å². The van der Waals surface area contributed by atoms with Crippen molar-refractivity contribution in [1.82, 2.24) is 4.90 Å². The smallest absolute Gasteiger partial charge is 0.416 e. The molecule has 0 bridgehead atoms. The Hall–Kier alpha value is -3.60. The van der Waals surface area contributed by atoms with Crippen molar-refractivity contribution >= 4 is 34.1 Å². The van der Waals surface area contributed by atoms with Crippen molar-refractivity contribution in [2.24, 2.45) is 0 Å². The average Bonchev–Trinajstić information content (AvgIpc) is 3.45. The minimum absolute atomic E-state index is 0.0996. The van der Waals surface area contributed by atoms with Gasteiger partial charge in [-0.3, -0.25) is 14.4 Å². The summed E-state index contributed by atoms with van der Waals surface area (Å²) in [4.78, 5) is 38.6. The van der Waals surface area contributed by atoms with E-state index in [0.29, 0.717) is 10.6 Å². The van der Waals surface area contributed by atoms with E-state index in [2.05, 4.69) is 5.32 Å². The van der Waals surface area contributed by atoms with Gasteiger partial charge in [0, 0.05) is 6.54 Å². The summed E-state index contributed by atoms with van der Waals surface area (Å²) in [5.41, 5.74) is -0.409. The lowest BCUT2D eigenvalue weighted by molar-refractivity contribution is -0.144. The monoisotopic (exact) mass is 480 g/mol. The summed E-state index contributed by atoms with van der Waals surface area (Å²) in [5.74, 6) is -1.58. The molecule has 2 amide bonds. The number of furan rings is 1. The summed E-state index contributed by atoms with van der Waals surface area (Å²) in [6, 6.07) is 10.4. The third kappa shape index (κ3) is 6.45. The number of carbonyl (C=O) groups is 3. The number of hydrogen-bond donors (Lipinski definition) is 1. The molecule has 1 N–H and O–H groups in total.